The summed E-state index contributed by atoms with van der Waals surface area (Å²) in [7, 11) is 0. The quantitative estimate of drug-likeness (QED) is 0.612. The molecular weight excluding hydrogens is 190 g/mol. The van der Waals surface area contributed by atoms with E-state index < -0.39 is 11.9 Å². The van der Waals surface area contributed by atoms with Gasteiger partial charge >= 0.3 is 0 Å². The van der Waals surface area contributed by atoms with Gasteiger partial charge in [-0.3, -0.25) is 13.9 Å². The van der Waals surface area contributed by atoms with Crippen molar-refractivity contribution in [1.29, 1.82) is 0 Å². The van der Waals surface area contributed by atoms with Crippen LogP contribution < -0.4 is 10.5 Å². The number of hydrogen-bond donors (Lipinski definition) is 2. The van der Waals surface area contributed by atoms with Gasteiger partial charge in [-0.25, -0.2) is 4.72 Å². The molecular formula is C7H13N3O2S. The van der Waals surface area contributed by atoms with E-state index in [9.17, 15) is 9.59 Å². The van der Waals surface area contributed by atoms with E-state index in [2.05, 4.69) is 4.72 Å². The zero-order valence-electron chi connectivity index (χ0n) is 7.45. The molecule has 0 aromatic heterocycles. The average molecular weight is 203 g/mol. The van der Waals surface area contributed by atoms with Crippen molar-refractivity contribution in [2.75, 3.05) is 6.54 Å². The van der Waals surface area contributed by atoms with Crippen molar-refractivity contribution in [3.63, 3.8) is 0 Å². The summed E-state index contributed by atoms with van der Waals surface area (Å²) >= 11 is 1.16. The summed E-state index contributed by atoms with van der Waals surface area (Å²) in [5, 5.41) is 0. The van der Waals surface area contributed by atoms with Crippen LogP contribution in [-0.2, 0) is 9.59 Å². The highest BCUT2D eigenvalue weighted by Crippen LogP contribution is 2.19. The number of amides is 2. The van der Waals surface area contributed by atoms with Crippen LogP contribution in [0, 0.1) is 0 Å². The molecule has 6 heteroatoms. The van der Waals surface area contributed by atoms with Crippen molar-refractivity contribution >= 4 is 23.9 Å². The van der Waals surface area contributed by atoms with Crippen LogP contribution in [0.15, 0.2) is 0 Å². The zero-order valence-corrected chi connectivity index (χ0v) is 8.26. The topological polar surface area (TPSA) is 75.4 Å². The summed E-state index contributed by atoms with van der Waals surface area (Å²) in [6, 6.07) is -0.475. The van der Waals surface area contributed by atoms with E-state index in [1.807, 2.05) is 6.92 Å². The van der Waals surface area contributed by atoms with E-state index in [1.54, 1.807) is 0 Å². The lowest BCUT2D eigenvalue weighted by atomic mass is 10.1. The van der Waals surface area contributed by atoms with Crippen LogP contribution in [0.3, 0.4) is 0 Å². The highest BCUT2D eigenvalue weighted by molar-refractivity contribution is 7.96. The van der Waals surface area contributed by atoms with Crippen LogP contribution in [0.2, 0.25) is 0 Å². The van der Waals surface area contributed by atoms with E-state index in [-0.39, 0.29) is 12.5 Å². The second kappa shape index (κ2) is 4.48. The molecule has 1 unspecified atom stereocenters. The maximum Gasteiger partial charge on any atom is 0.249 e. The highest BCUT2D eigenvalue weighted by Gasteiger charge is 2.31. The molecule has 0 radical (unpaired) electrons. The van der Waals surface area contributed by atoms with E-state index in [0.717, 1.165) is 18.6 Å². The first kappa shape index (κ1) is 10.3. The lowest BCUT2D eigenvalue weighted by molar-refractivity contribution is -0.131. The fraction of sp³-hybridized carbons (Fsp3) is 0.714. The predicted octanol–water partition coefficient (Wildman–Crippen LogP) is -0.365. The van der Waals surface area contributed by atoms with Crippen LogP contribution in [0.1, 0.15) is 19.8 Å². The van der Waals surface area contributed by atoms with Gasteiger partial charge in [0, 0.05) is 12.1 Å². The van der Waals surface area contributed by atoms with Gasteiger partial charge in [-0.15, -0.1) is 0 Å². The summed E-state index contributed by atoms with van der Waals surface area (Å²) in [6.45, 7) is 2.23. The number of nitrogens with zero attached hydrogens (tertiary/aromatic N) is 1. The molecule has 3 N–H and O–H groups in total. The number of nitrogens with two attached hydrogens (primary N) is 1. The van der Waals surface area contributed by atoms with Crippen LogP contribution in [0.4, 0.5) is 0 Å². The molecule has 2 amide bonds. The van der Waals surface area contributed by atoms with Crippen molar-refractivity contribution in [3.8, 4) is 0 Å². The summed E-state index contributed by atoms with van der Waals surface area (Å²) in [5.41, 5.74) is 5.19. The fourth-order valence-electron chi connectivity index (χ4n) is 1.18. The van der Waals surface area contributed by atoms with Gasteiger partial charge in [0.1, 0.15) is 6.04 Å². The SMILES string of the molecule is CCCC(C(N)=O)N1SNCC1=O. The zero-order chi connectivity index (χ0) is 9.84. The molecule has 1 fully saturated rings. The fourth-order valence-corrected chi connectivity index (χ4v) is 2.01. The van der Waals surface area contributed by atoms with Gasteiger partial charge < -0.3 is 5.73 Å². The Labute approximate surface area is 81.3 Å². The third-order valence-corrected chi connectivity index (χ3v) is 2.73. The van der Waals surface area contributed by atoms with Gasteiger partial charge in [-0.05, 0) is 6.42 Å². The predicted molar refractivity (Wildman–Crippen MR) is 50.3 cm³/mol. The first-order chi connectivity index (χ1) is 6.16. The third-order valence-electron chi connectivity index (χ3n) is 1.81. The number of primary amides is 1. The Morgan fingerprint density at radius 1 is 1.85 bits per heavy atom. The van der Waals surface area contributed by atoms with Crippen LogP contribution in [-0.4, -0.2) is 28.7 Å². The average Bonchev–Trinajstić information content (AvgIpc) is 2.47. The van der Waals surface area contributed by atoms with Gasteiger partial charge in [-0.2, -0.15) is 0 Å². The first-order valence-electron chi connectivity index (χ1n) is 4.18. The molecule has 0 bridgehead atoms. The van der Waals surface area contributed by atoms with E-state index in [0.29, 0.717) is 6.42 Å². The summed E-state index contributed by atoms with van der Waals surface area (Å²) in [6.07, 6.45) is 1.45. The number of hydrogen-bond acceptors (Lipinski definition) is 4. The number of carbonyl (C=O) groups is 2. The van der Waals surface area contributed by atoms with E-state index in [1.165, 1.54) is 4.31 Å². The second-order valence-electron chi connectivity index (χ2n) is 2.84. The molecule has 1 rings (SSSR count). The molecule has 0 saturated carbocycles. The molecule has 0 aromatic carbocycles. The molecule has 1 atom stereocenters. The smallest absolute Gasteiger partial charge is 0.249 e. The lowest BCUT2D eigenvalue weighted by Crippen LogP contribution is -2.42. The molecule has 74 valence electrons. The molecule has 1 heterocycles. The summed E-state index contributed by atoms with van der Waals surface area (Å²) in [5.74, 6) is -0.520. The molecule has 1 aliphatic heterocycles. The Kier molecular flexibility index (Phi) is 3.56. The molecule has 0 spiro atoms. The number of nitrogens with one attached hydrogen (secondary N) is 1. The van der Waals surface area contributed by atoms with Crippen LogP contribution in [0.25, 0.3) is 0 Å². The van der Waals surface area contributed by atoms with E-state index >= 15 is 0 Å². The van der Waals surface area contributed by atoms with Crippen molar-refractivity contribution in [2.24, 2.45) is 5.73 Å². The van der Waals surface area contributed by atoms with Crippen molar-refractivity contribution in [1.82, 2.24) is 9.03 Å². The molecule has 1 aliphatic rings. The Morgan fingerprint density at radius 2 is 2.54 bits per heavy atom. The van der Waals surface area contributed by atoms with Gasteiger partial charge in [0.25, 0.3) is 0 Å². The molecule has 13 heavy (non-hydrogen) atoms. The first-order valence-corrected chi connectivity index (χ1v) is 4.95. The van der Waals surface area contributed by atoms with E-state index in [4.69, 9.17) is 5.73 Å². The third kappa shape index (κ3) is 2.35. The Morgan fingerprint density at radius 3 is 2.92 bits per heavy atom. The lowest BCUT2D eigenvalue weighted by Gasteiger charge is -2.21. The molecule has 1 saturated heterocycles. The van der Waals surface area contributed by atoms with Gasteiger partial charge in [0.05, 0.1) is 6.54 Å². The largest absolute Gasteiger partial charge is 0.368 e. The molecule has 5 nitrogen and oxygen atoms in total. The van der Waals surface area contributed by atoms with Crippen molar-refractivity contribution in [3.05, 3.63) is 0 Å². The van der Waals surface area contributed by atoms with Crippen LogP contribution >= 0.6 is 12.1 Å². The second-order valence-corrected chi connectivity index (χ2v) is 3.70. The minimum atomic E-state index is -0.475. The maximum absolute atomic E-state index is 11.2. The molecule has 0 aliphatic carbocycles. The monoisotopic (exact) mass is 203 g/mol. The Hall–Kier alpha value is -0.750. The minimum Gasteiger partial charge on any atom is -0.368 e. The maximum atomic E-state index is 11.2. The van der Waals surface area contributed by atoms with Crippen LogP contribution in [0.5, 0.6) is 0 Å². The number of rotatable bonds is 4. The highest BCUT2D eigenvalue weighted by atomic mass is 32.2. The molecule has 0 aromatic rings. The van der Waals surface area contributed by atoms with Gasteiger partial charge in [0.2, 0.25) is 11.8 Å². The summed E-state index contributed by atoms with van der Waals surface area (Å²) in [4.78, 5) is 22.2. The Balaban J connectivity index is 2.63. The normalized spacial score (nSPS) is 19.2. The van der Waals surface area contributed by atoms with Crippen molar-refractivity contribution < 1.29 is 9.59 Å². The number of carbonyl (C=O) groups excluding carboxylic acids is 2. The van der Waals surface area contributed by atoms with Crippen molar-refractivity contribution in [2.45, 2.75) is 25.8 Å². The standard InChI is InChI=1S/C7H13N3O2S/c1-2-3-5(7(8)12)10-6(11)4-9-13-10/h5,9H,2-4H2,1H3,(H2,8,12). The summed E-state index contributed by atoms with van der Waals surface area (Å²) < 4.78 is 4.22. The Bertz CT molecular complexity index is 222. The van der Waals surface area contributed by atoms with Gasteiger partial charge in [-0.1, -0.05) is 13.3 Å². The minimum absolute atomic E-state index is 0.0812. The van der Waals surface area contributed by atoms with Gasteiger partial charge in [0.15, 0.2) is 0 Å².